The van der Waals surface area contributed by atoms with Crippen LogP contribution in [0.1, 0.15) is 32.2 Å². The molecular weight excluding hydrogens is 312 g/mol. The molecule has 24 heavy (non-hydrogen) atoms. The van der Waals surface area contributed by atoms with Crippen molar-refractivity contribution in [3.05, 3.63) is 57.3 Å². The highest BCUT2D eigenvalue weighted by Crippen LogP contribution is 2.16. The lowest BCUT2D eigenvalue weighted by molar-refractivity contribution is 0.0589. The van der Waals surface area contributed by atoms with Crippen LogP contribution in [0.2, 0.25) is 0 Å². The molecule has 2 heterocycles. The van der Waals surface area contributed by atoms with Crippen LogP contribution in [-0.4, -0.2) is 33.1 Å². The number of ketones is 1. The molecule has 0 saturated carbocycles. The number of aromatic hydroxyl groups is 1. The topological polar surface area (TPSA) is 90.5 Å². The smallest absolute Gasteiger partial charge is 0.354 e. The van der Waals surface area contributed by atoms with Gasteiger partial charge in [-0.05, 0) is 31.2 Å². The van der Waals surface area contributed by atoms with E-state index in [1.807, 2.05) is 0 Å². The highest BCUT2D eigenvalue weighted by atomic mass is 16.5. The van der Waals surface area contributed by atoms with Gasteiger partial charge in [0.05, 0.1) is 7.11 Å². The molecule has 2 rings (SSSR count). The van der Waals surface area contributed by atoms with Gasteiger partial charge in [-0.3, -0.25) is 9.59 Å². The molecule has 0 unspecified atom stereocenters. The Kier molecular flexibility index (Phi) is 4.73. The van der Waals surface area contributed by atoms with Crippen molar-refractivity contribution in [3.63, 3.8) is 0 Å². The zero-order valence-electron chi connectivity index (χ0n) is 13.9. The summed E-state index contributed by atoms with van der Waals surface area (Å²) >= 11 is 0. The molecule has 0 bridgehead atoms. The average Bonchev–Trinajstić information content (AvgIpc) is 2.91. The van der Waals surface area contributed by atoms with E-state index in [1.165, 1.54) is 36.9 Å². The SMILES string of the molecule is COC(=O)c1ccc(C=CC(=O)c2c(O)cc(C)n(C)c2=O)n1C. The summed E-state index contributed by atoms with van der Waals surface area (Å²) in [5.41, 5.74) is 0.597. The fourth-order valence-electron chi connectivity index (χ4n) is 2.28. The number of hydrogen-bond donors (Lipinski definition) is 1. The Balaban J connectivity index is 2.36. The normalized spacial score (nSPS) is 11.0. The van der Waals surface area contributed by atoms with Crippen molar-refractivity contribution in [2.75, 3.05) is 7.11 Å². The number of pyridine rings is 1. The first-order chi connectivity index (χ1) is 11.3. The second-order valence-electron chi connectivity index (χ2n) is 5.30. The summed E-state index contributed by atoms with van der Waals surface area (Å²) in [5.74, 6) is -1.46. The van der Waals surface area contributed by atoms with Crippen molar-refractivity contribution in [2.45, 2.75) is 6.92 Å². The Hall–Kier alpha value is -3.09. The van der Waals surface area contributed by atoms with Crippen LogP contribution in [0.3, 0.4) is 0 Å². The van der Waals surface area contributed by atoms with Crippen molar-refractivity contribution in [1.82, 2.24) is 9.13 Å². The van der Waals surface area contributed by atoms with Gasteiger partial charge in [0.1, 0.15) is 17.0 Å². The third kappa shape index (κ3) is 3.01. The minimum Gasteiger partial charge on any atom is -0.507 e. The van der Waals surface area contributed by atoms with Crippen LogP contribution in [0.25, 0.3) is 6.08 Å². The second-order valence-corrected chi connectivity index (χ2v) is 5.30. The Morgan fingerprint density at radius 1 is 1.21 bits per heavy atom. The molecule has 126 valence electrons. The Morgan fingerprint density at radius 2 is 1.88 bits per heavy atom. The van der Waals surface area contributed by atoms with Crippen molar-refractivity contribution in [3.8, 4) is 5.75 Å². The fraction of sp³-hybridized carbons (Fsp3) is 0.235. The van der Waals surface area contributed by atoms with E-state index >= 15 is 0 Å². The lowest BCUT2D eigenvalue weighted by Crippen LogP contribution is -2.25. The number of methoxy groups -OCH3 is 1. The molecule has 0 radical (unpaired) electrons. The van der Waals surface area contributed by atoms with Gasteiger partial charge in [-0.25, -0.2) is 4.79 Å². The lowest BCUT2D eigenvalue weighted by atomic mass is 10.1. The first-order valence-corrected chi connectivity index (χ1v) is 7.14. The first-order valence-electron chi connectivity index (χ1n) is 7.14. The van der Waals surface area contributed by atoms with Gasteiger partial charge < -0.3 is 19.0 Å². The molecule has 0 aliphatic carbocycles. The highest BCUT2D eigenvalue weighted by molar-refractivity contribution is 6.08. The predicted octanol–water partition coefficient (Wildman–Crippen LogP) is 1.42. The van der Waals surface area contributed by atoms with Gasteiger partial charge in [0.25, 0.3) is 5.56 Å². The zero-order valence-corrected chi connectivity index (χ0v) is 13.9. The number of allylic oxidation sites excluding steroid dienone is 1. The summed E-state index contributed by atoms with van der Waals surface area (Å²) in [5, 5.41) is 9.89. The molecule has 7 nitrogen and oxygen atoms in total. The number of aryl methyl sites for hydroxylation is 1. The van der Waals surface area contributed by atoms with Gasteiger partial charge in [-0.15, -0.1) is 0 Å². The molecular formula is C17H18N2O5. The number of aromatic nitrogens is 2. The fourth-order valence-corrected chi connectivity index (χ4v) is 2.28. The molecule has 2 aromatic heterocycles. The van der Waals surface area contributed by atoms with Crippen molar-refractivity contribution < 1.29 is 19.4 Å². The molecule has 2 aromatic rings. The minimum absolute atomic E-state index is 0.290. The van der Waals surface area contributed by atoms with Gasteiger partial charge in [0.15, 0.2) is 5.78 Å². The molecule has 1 N–H and O–H groups in total. The lowest BCUT2D eigenvalue weighted by Gasteiger charge is -2.07. The first kappa shape index (κ1) is 17.3. The number of rotatable bonds is 4. The number of ether oxygens (including phenoxy) is 1. The number of esters is 1. The monoisotopic (exact) mass is 330 g/mol. The summed E-state index contributed by atoms with van der Waals surface area (Å²) in [4.78, 5) is 36.0. The van der Waals surface area contributed by atoms with E-state index < -0.39 is 17.3 Å². The summed E-state index contributed by atoms with van der Waals surface area (Å²) in [6, 6.07) is 4.57. The van der Waals surface area contributed by atoms with Crippen LogP contribution in [0.5, 0.6) is 5.75 Å². The van der Waals surface area contributed by atoms with E-state index in [4.69, 9.17) is 0 Å². The summed E-state index contributed by atoms with van der Waals surface area (Å²) in [6.07, 6.45) is 2.65. The molecule has 0 aromatic carbocycles. The predicted molar refractivity (Wildman–Crippen MR) is 88.2 cm³/mol. The second kappa shape index (κ2) is 6.57. The largest absolute Gasteiger partial charge is 0.507 e. The highest BCUT2D eigenvalue weighted by Gasteiger charge is 2.17. The third-order valence-corrected chi connectivity index (χ3v) is 3.86. The molecule has 0 aliphatic heterocycles. The molecule has 0 spiro atoms. The number of carbonyl (C=O) groups excluding carboxylic acids is 2. The summed E-state index contributed by atoms with van der Waals surface area (Å²) in [6.45, 7) is 1.66. The van der Waals surface area contributed by atoms with Crippen LogP contribution < -0.4 is 5.56 Å². The Morgan fingerprint density at radius 3 is 2.50 bits per heavy atom. The minimum atomic E-state index is -0.617. The van der Waals surface area contributed by atoms with E-state index in [9.17, 15) is 19.5 Å². The standard InChI is InChI=1S/C17H18N2O5/c1-10-9-14(21)15(16(22)18(10)2)13(20)8-6-11-5-7-12(19(11)3)17(23)24-4/h5-9,21H,1-4H3. The number of hydrogen-bond acceptors (Lipinski definition) is 5. The van der Waals surface area contributed by atoms with E-state index in [1.54, 1.807) is 30.7 Å². The summed E-state index contributed by atoms with van der Waals surface area (Å²) < 4.78 is 7.50. The third-order valence-electron chi connectivity index (χ3n) is 3.86. The molecule has 0 atom stereocenters. The number of nitrogens with zero attached hydrogens (tertiary/aromatic N) is 2. The number of carbonyl (C=O) groups is 2. The van der Waals surface area contributed by atoms with Crippen LogP contribution in [0.15, 0.2) is 29.1 Å². The van der Waals surface area contributed by atoms with E-state index in [2.05, 4.69) is 4.74 Å². The van der Waals surface area contributed by atoms with Gasteiger partial charge in [0.2, 0.25) is 0 Å². The Labute approximate surface area is 138 Å². The van der Waals surface area contributed by atoms with E-state index in [0.29, 0.717) is 17.1 Å². The van der Waals surface area contributed by atoms with Crippen molar-refractivity contribution in [2.24, 2.45) is 14.1 Å². The van der Waals surface area contributed by atoms with Gasteiger partial charge in [-0.1, -0.05) is 0 Å². The maximum Gasteiger partial charge on any atom is 0.354 e. The van der Waals surface area contributed by atoms with E-state index in [-0.39, 0.29) is 11.3 Å². The van der Waals surface area contributed by atoms with Crippen LogP contribution in [0, 0.1) is 6.92 Å². The quantitative estimate of drug-likeness (QED) is 0.520. The van der Waals surface area contributed by atoms with Crippen LogP contribution in [-0.2, 0) is 18.8 Å². The van der Waals surface area contributed by atoms with Crippen LogP contribution in [0.4, 0.5) is 0 Å². The molecule has 0 fully saturated rings. The maximum atomic E-state index is 12.3. The average molecular weight is 330 g/mol. The molecule has 0 aliphatic rings. The summed E-state index contributed by atoms with van der Waals surface area (Å²) in [7, 11) is 4.46. The van der Waals surface area contributed by atoms with E-state index in [0.717, 1.165) is 0 Å². The Bertz CT molecular complexity index is 902. The molecule has 0 saturated heterocycles. The maximum absolute atomic E-state index is 12.3. The van der Waals surface area contributed by atoms with Crippen molar-refractivity contribution >= 4 is 17.8 Å². The zero-order chi connectivity index (χ0) is 18.0. The van der Waals surface area contributed by atoms with Gasteiger partial charge >= 0.3 is 5.97 Å². The van der Waals surface area contributed by atoms with Crippen molar-refractivity contribution in [1.29, 1.82) is 0 Å². The molecule has 0 amide bonds. The van der Waals surface area contributed by atoms with Crippen LogP contribution >= 0.6 is 0 Å². The van der Waals surface area contributed by atoms with Gasteiger partial charge in [0, 0.05) is 31.5 Å². The van der Waals surface area contributed by atoms with Gasteiger partial charge in [-0.2, -0.15) is 0 Å². The molecule has 7 heteroatoms.